The van der Waals surface area contributed by atoms with Crippen molar-refractivity contribution in [3.63, 3.8) is 0 Å². The van der Waals surface area contributed by atoms with Crippen molar-refractivity contribution in [2.75, 3.05) is 5.32 Å². The summed E-state index contributed by atoms with van der Waals surface area (Å²) < 4.78 is 98.8. The molecule has 0 aliphatic carbocycles. The van der Waals surface area contributed by atoms with E-state index in [9.17, 15) is 39.9 Å². The molecule has 0 fully saturated rings. The van der Waals surface area contributed by atoms with Gasteiger partial charge in [-0.05, 0) is 24.3 Å². The maximum absolute atomic E-state index is 12.9. The summed E-state index contributed by atoms with van der Waals surface area (Å²) in [6.45, 7) is 0. The molecule has 10 heteroatoms. The first-order valence-electron chi connectivity index (χ1n) is 4.79. The van der Waals surface area contributed by atoms with Crippen LogP contribution in [0.25, 0.3) is 0 Å². The minimum absolute atomic E-state index is 0.561. The Morgan fingerprint density at radius 2 is 1.35 bits per heavy atom. The second kappa shape index (κ2) is 4.91. The molecule has 1 rings (SSSR count). The summed E-state index contributed by atoms with van der Waals surface area (Å²) in [5.41, 5.74) is -0.561. The Morgan fingerprint density at radius 1 is 0.900 bits per heavy atom. The fourth-order valence-electron chi connectivity index (χ4n) is 1.06. The average Bonchev–Trinajstić information content (AvgIpc) is 2.30. The summed E-state index contributed by atoms with van der Waals surface area (Å²) in [5.74, 6) is -16.2. The van der Waals surface area contributed by atoms with E-state index in [-0.39, 0.29) is 0 Å². The van der Waals surface area contributed by atoms with E-state index in [2.05, 4.69) is 0 Å². The molecule has 0 saturated carbocycles. The van der Waals surface area contributed by atoms with Crippen LogP contribution in [0.1, 0.15) is 0 Å². The summed E-state index contributed by atoms with van der Waals surface area (Å²) in [6.07, 6.45) is -6.60. The summed E-state index contributed by atoms with van der Waals surface area (Å²) in [6, 6.07) is 2.81. The molecule has 0 saturated heterocycles. The van der Waals surface area contributed by atoms with E-state index in [0.29, 0.717) is 12.1 Å². The smallest absolute Gasteiger partial charge is 0.321 e. The number of halogens is 8. The Morgan fingerprint density at radius 3 is 1.75 bits per heavy atom. The predicted octanol–water partition coefficient (Wildman–Crippen LogP) is 3.60. The van der Waals surface area contributed by atoms with Crippen molar-refractivity contribution in [2.24, 2.45) is 0 Å². The molecule has 0 bridgehead atoms. The van der Waals surface area contributed by atoms with E-state index in [1.807, 2.05) is 0 Å². The molecule has 0 radical (unpaired) electrons. The van der Waals surface area contributed by atoms with Gasteiger partial charge >= 0.3 is 23.9 Å². The molecule has 0 spiro atoms. The number of carbonyl (C=O) groups is 1. The van der Waals surface area contributed by atoms with E-state index >= 15 is 0 Å². The summed E-state index contributed by atoms with van der Waals surface area (Å²) in [5, 5.41) is 1.15. The second-order valence-electron chi connectivity index (χ2n) is 3.61. The van der Waals surface area contributed by atoms with Gasteiger partial charge in [0.25, 0.3) is 0 Å². The first kappa shape index (κ1) is 16.2. The first-order valence-corrected chi connectivity index (χ1v) is 4.79. The Hall–Kier alpha value is -1.87. The average molecular weight is 307 g/mol. The highest BCUT2D eigenvalue weighted by Gasteiger charge is 2.76. The van der Waals surface area contributed by atoms with Gasteiger partial charge in [0.15, 0.2) is 0 Å². The molecule has 0 aromatic heterocycles. The molecular weight excluding hydrogens is 302 g/mol. The van der Waals surface area contributed by atoms with Gasteiger partial charge in [0.2, 0.25) is 0 Å². The second-order valence-corrected chi connectivity index (χ2v) is 3.61. The molecule has 0 unspecified atom stereocenters. The molecule has 112 valence electrons. The highest BCUT2D eigenvalue weighted by molar-refractivity contribution is 5.96. The molecular formula is C10H5F8NO. The topological polar surface area (TPSA) is 29.1 Å². The van der Waals surface area contributed by atoms with Crippen LogP contribution in [0.2, 0.25) is 0 Å². The van der Waals surface area contributed by atoms with Crippen molar-refractivity contribution >= 4 is 11.6 Å². The molecule has 1 aromatic carbocycles. The third-order valence-corrected chi connectivity index (χ3v) is 2.14. The third kappa shape index (κ3) is 2.83. The molecule has 1 aromatic rings. The van der Waals surface area contributed by atoms with Gasteiger partial charge in [-0.15, -0.1) is 0 Å². The van der Waals surface area contributed by atoms with Crippen molar-refractivity contribution in [1.82, 2.24) is 0 Å². The van der Waals surface area contributed by atoms with Crippen molar-refractivity contribution < 1.29 is 39.9 Å². The highest BCUT2D eigenvalue weighted by atomic mass is 19.4. The van der Waals surface area contributed by atoms with Gasteiger partial charge in [-0.2, -0.15) is 30.7 Å². The monoisotopic (exact) mass is 307 g/mol. The van der Waals surface area contributed by atoms with Gasteiger partial charge in [0.1, 0.15) is 5.82 Å². The minimum Gasteiger partial charge on any atom is -0.321 e. The van der Waals surface area contributed by atoms with Gasteiger partial charge in [0, 0.05) is 5.69 Å². The lowest BCUT2D eigenvalue weighted by atomic mass is 10.1. The van der Waals surface area contributed by atoms with E-state index in [0.717, 1.165) is 17.4 Å². The number of carbonyl (C=O) groups excluding carboxylic acids is 1. The normalized spacial score (nSPS) is 13.2. The Bertz CT molecular complexity index is 493. The Kier molecular flexibility index (Phi) is 3.97. The summed E-state index contributed by atoms with van der Waals surface area (Å²) >= 11 is 0. The molecule has 0 heterocycles. The molecule has 0 atom stereocenters. The first-order chi connectivity index (χ1) is 8.89. The zero-order chi connectivity index (χ0) is 15.8. The van der Waals surface area contributed by atoms with Crippen molar-refractivity contribution in [2.45, 2.75) is 18.0 Å². The predicted molar refractivity (Wildman–Crippen MR) is 51.0 cm³/mol. The van der Waals surface area contributed by atoms with Gasteiger partial charge in [-0.3, -0.25) is 4.79 Å². The standard InChI is InChI=1S/C10H5F8NO/c11-5-1-3-6(4-2-5)19-7(20)8(12,13)9(14,15)10(16,17)18/h1-4H,(H,19,20). The molecule has 1 N–H and O–H groups in total. The molecule has 1 amide bonds. The van der Waals surface area contributed by atoms with E-state index in [4.69, 9.17) is 0 Å². The van der Waals surface area contributed by atoms with Crippen LogP contribution >= 0.6 is 0 Å². The van der Waals surface area contributed by atoms with Gasteiger partial charge in [0.05, 0.1) is 0 Å². The lowest BCUT2D eigenvalue weighted by Gasteiger charge is -2.27. The highest BCUT2D eigenvalue weighted by Crippen LogP contribution is 2.46. The van der Waals surface area contributed by atoms with E-state index < -0.39 is 35.4 Å². The van der Waals surface area contributed by atoms with Gasteiger partial charge < -0.3 is 5.32 Å². The van der Waals surface area contributed by atoms with Crippen LogP contribution in [0.15, 0.2) is 24.3 Å². The number of hydrogen-bond acceptors (Lipinski definition) is 1. The van der Waals surface area contributed by atoms with Crippen LogP contribution in [0.5, 0.6) is 0 Å². The van der Waals surface area contributed by atoms with E-state index in [1.165, 1.54) is 0 Å². The number of rotatable bonds is 3. The Balaban J connectivity index is 2.98. The third-order valence-electron chi connectivity index (χ3n) is 2.14. The van der Waals surface area contributed by atoms with Crippen molar-refractivity contribution in [1.29, 1.82) is 0 Å². The zero-order valence-corrected chi connectivity index (χ0v) is 9.24. The lowest BCUT2D eigenvalue weighted by Crippen LogP contribution is -2.57. The van der Waals surface area contributed by atoms with Gasteiger partial charge in [-0.25, -0.2) is 4.39 Å². The fraction of sp³-hybridized carbons (Fsp3) is 0.300. The summed E-state index contributed by atoms with van der Waals surface area (Å²) in [4.78, 5) is 10.9. The number of hydrogen-bond donors (Lipinski definition) is 1. The SMILES string of the molecule is O=C(Nc1ccc(F)cc1)C(F)(F)C(F)(F)C(F)(F)F. The van der Waals surface area contributed by atoms with Crippen LogP contribution in [0.3, 0.4) is 0 Å². The van der Waals surface area contributed by atoms with Crippen molar-refractivity contribution in [3.8, 4) is 0 Å². The van der Waals surface area contributed by atoms with Crippen LogP contribution in [-0.2, 0) is 4.79 Å². The quantitative estimate of drug-likeness (QED) is 0.849. The molecule has 2 nitrogen and oxygen atoms in total. The molecule has 0 aliphatic rings. The minimum atomic E-state index is -6.60. The number of amides is 1. The number of benzene rings is 1. The fourth-order valence-corrected chi connectivity index (χ4v) is 1.06. The van der Waals surface area contributed by atoms with Crippen LogP contribution < -0.4 is 5.32 Å². The van der Waals surface area contributed by atoms with E-state index in [1.54, 1.807) is 0 Å². The molecule has 0 aliphatic heterocycles. The number of anilines is 1. The zero-order valence-electron chi connectivity index (χ0n) is 9.24. The van der Waals surface area contributed by atoms with Crippen molar-refractivity contribution in [3.05, 3.63) is 30.1 Å². The number of nitrogens with one attached hydrogen (secondary N) is 1. The largest absolute Gasteiger partial charge is 0.460 e. The van der Waals surface area contributed by atoms with Crippen LogP contribution in [0.4, 0.5) is 40.8 Å². The summed E-state index contributed by atoms with van der Waals surface area (Å²) in [7, 11) is 0. The Labute approximate surface area is 106 Å². The maximum atomic E-state index is 12.9. The maximum Gasteiger partial charge on any atom is 0.460 e. The number of alkyl halides is 7. The van der Waals surface area contributed by atoms with Gasteiger partial charge in [-0.1, -0.05) is 0 Å². The lowest BCUT2D eigenvalue weighted by molar-refractivity contribution is -0.343. The van der Waals surface area contributed by atoms with Crippen LogP contribution in [-0.4, -0.2) is 23.9 Å². The molecule has 20 heavy (non-hydrogen) atoms. The van der Waals surface area contributed by atoms with Crippen LogP contribution in [0, 0.1) is 5.82 Å².